The van der Waals surface area contributed by atoms with Crippen LogP contribution < -0.4 is 9.47 Å². The van der Waals surface area contributed by atoms with Crippen molar-refractivity contribution in [3.05, 3.63) is 61.8 Å². The van der Waals surface area contributed by atoms with Gasteiger partial charge in [0.05, 0.1) is 24.8 Å². The zero-order chi connectivity index (χ0) is 18.0. The van der Waals surface area contributed by atoms with Gasteiger partial charge in [0.1, 0.15) is 11.5 Å². The number of methoxy groups -OCH3 is 2. The fraction of sp³-hybridized carbons (Fsp3) is 0.111. The fourth-order valence-corrected chi connectivity index (χ4v) is 2.95. The van der Waals surface area contributed by atoms with Crippen molar-refractivity contribution in [2.75, 3.05) is 14.2 Å². The van der Waals surface area contributed by atoms with Crippen molar-refractivity contribution in [2.45, 2.75) is 0 Å². The molecule has 0 aromatic heterocycles. The van der Waals surface area contributed by atoms with Crippen LogP contribution in [0.15, 0.2) is 47.1 Å². The largest absolute Gasteiger partial charge is 0.497 e. The van der Waals surface area contributed by atoms with E-state index in [4.69, 9.17) is 25.8 Å². The Labute approximate surface area is 163 Å². The van der Waals surface area contributed by atoms with Crippen LogP contribution >= 0.6 is 34.2 Å². The Morgan fingerprint density at radius 3 is 2.44 bits per heavy atom. The van der Waals surface area contributed by atoms with Crippen molar-refractivity contribution in [2.24, 2.45) is 4.99 Å². The fourth-order valence-electron chi connectivity index (χ4n) is 2.26. The summed E-state index contributed by atoms with van der Waals surface area (Å²) < 4.78 is 16.7. The summed E-state index contributed by atoms with van der Waals surface area (Å²) >= 11 is 8.34. The van der Waals surface area contributed by atoms with E-state index in [1.54, 1.807) is 44.6 Å². The van der Waals surface area contributed by atoms with Gasteiger partial charge in [-0.1, -0.05) is 11.6 Å². The molecule has 0 N–H and O–H groups in total. The average Bonchev–Trinajstić information content (AvgIpc) is 2.97. The zero-order valence-corrected chi connectivity index (χ0v) is 16.3. The van der Waals surface area contributed by atoms with Crippen LogP contribution in [-0.2, 0) is 9.53 Å². The highest BCUT2D eigenvalue weighted by molar-refractivity contribution is 14.1. The molecule has 1 aliphatic heterocycles. The van der Waals surface area contributed by atoms with Gasteiger partial charge in [-0.2, -0.15) is 0 Å². The number of hydrogen-bond donors (Lipinski definition) is 0. The first-order valence-corrected chi connectivity index (χ1v) is 8.67. The van der Waals surface area contributed by atoms with Gasteiger partial charge in [0.25, 0.3) is 0 Å². The van der Waals surface area contributed by atoms with E-state index in [1.807, 2.05) is 12.1 Å². The number of rotatable bonds is 4. The van der Waals surface area contributed by atoms with Gasteiger partial charge in [0.15, 0.2) is 5.70 Å². The molecule has 0 amide bonds. The smallest absolute Gasteiger partial charge is 0.363 e. The summed E-state index contributed by atoms with van der Waals surface area (Å²) in [4.78, 5) is 16.4. The Morgan fingerprint density at radius 1 is 1.12 bits per heavy atom. The second-order valence-electron chi connectivity index (χ2n) is 5.11. The van der Waals surface area contributed by atoms with E-state index in [2.05, 4.69) is 27.6 Å². The molecule has 25 heavy (non-hydrogen) atoms. The monoisotopic (exact) mass is 469 g/mol. The van der Waals surface area contributed by atoms with Gasteiger partial charge in [0, 0.05) is 9.64 Å². The lowest BCUT2D eigenvalue weighted by Gasteiger charge is -2.05. The minimum atomic E-state index is -0.535. The van der Waals surface area contributed by atoms with E-state index >= 15 is 0 Å². The van der Waals surface area contributed by atoms with E-state index in [-0.39, 0.29) is 11.6 Å². The van der Waals surface area contributed by atoms with Gasteiger partial charge in [0.2, 0.25) is 5.90 Å². The van der Waals surface area contributed by atoms with E-state index in [1.165, 1.54) is 0 Å². The van der Waals surface area contributed by atoms with E-state index in [0.717, 1.165) is 3.57 Å². The summed E-state index contributed by atoms with van der Waals surface area (Å²) in [6.45, 7) is 0. The number of nitrogens with zero attached hydrogens (tertiary/aromatic N) is 1. The van der Waals surface area contributed by atoms with Crippen molar-refractivity contribution in [3.8, 4) is 11.5 Å². The highest BCUT2D eigenvalue weighted by Crippen LogP contribution is 2.28. The first-order chi connectivity index (χ1) is 12.0. The minimum Gasteiger partial charge on any atom is -0.497 e. The number of esters is 1. The molecular weight excluding hydrogens is 457 g/mol. The molecule has 5 nitrogen and oxygen atoms in total. The van der Waals surface area contributed by atoms with Crippen LogP contribution in [0.3, 0.4) is 0 Å². The summed E-state index contributed by atoms with van der Waals surface area (Å²) in [7, 11) is 3.12. The number of hydrogen-bond acceptors (Lipinski definition) is 5. The van der Waals surface area contributed by atoms with Gasteiger partial charge in [-0.25, -0.2) is 9.79 Å². The number of halogens is 2. The minimum absolute atomic E-state index is 0.181. The van der Waals surface area contributed by atoms with Crippen molar-refractivity contribution < 1.29 is 19.0 Å². The molecule has 0 saturated carbocycles. The van der Waals surface area contributed by atoms with Gasteiger partial charge in [-0.05, 0) is 64.6 Å². The number of cyclic esters (lactones) is 1. The number of ether oxygens (including phenoxy) is 3. The molecule has 0 unspecified atom stereocenters. The summed E-state index contributed by atoms with van der Waals surface area (Å²) in [6.07, 6.45) is 1.61. The zero-order valence-electron chi connectivity index (χ0n) is 13.4. The van der Waals surface area contributed by atoms with E-state index < -0.39 is 5.97 Å². The quantitative estimate of drug-likeness (QED) is 0.380. The molecule has 1 heterocycles. The lowest BCUT2D eigenvalue weighted by molar-refractivity contribution is -0.129. The van der Waals surface area contributed by atoms with Crippen LogP contribution in [0, 0.1) is 3.57 Å². The van der Waals surface area contributed by atoms with Crippen molar-refractivity contribution in [3.63, 3.8) is 0 Å². The lowest BCUT2D eigenvalue weighted by Crippen LogP contribution is -2.06. The second kappa shape index (κ2) is 7.45. The molecule has 0 fully saturated rings. The SMILES string of the molecule is COc1cc(/C=C2\N=C(c3cc(I)ccc3Cl)OC2=O)cc(OC)c1. The first-order valence-electron chi connectivity index (χ1n) is 7.21. The molecule has 0 atom stereocenters. The predicted molar refractivity (Wildman–Crippen MR) is 104 cm³/mol. The topological polar surface area (TPSA) is 57.1 Å². The maximum absolute atomic E-state index is 12.2. The van der Waals surface area contributed by atoms with Crippen LogP contribution in [0.4, 0.5) is 0 Å². The Hall–Kier alpha value is -2.06. The van der Waals surface area contributed by atoms with Gasteiger partial charge in [-0.3, -0.25) is 0 Å². The molecule has 7 heteroatoms. The number of carbonyl (C=O) groups is 1. The molecular formula is C18H13ClINO4. The summed E-state index contributed by atoms with van der Waals surface area (Å²) in [5.41, 5.74) is 1.47. The van der Waals surface area contributed by atoms with Crippen molar-refractivity contribution in [1.82, 2.24) is 0 Å². The lowest BCUT2D eigenvalue weighted by atomic mass is 10.1. The van der Waals surface area contributed by atoms with Gasteiger partial charge in [-0.15, -0.1) is 0 Å². The number of carbonyl (C=O) groups excluding carboxylic acids is 1. The Kier molecular flexibility index (Phi) is 5.29. The highest BCUT2D eigenvalue weighted by Gasteiger charge is 2.25. The second-order valence-corrected chi connectivity index (χ2v) is 6.76. The summed E-state index contributed by atoms with van der Waals surface area (Å²) in [5.74, 6) is 0.881. The Bertz CT molecular complexity index is 886. The Balaban J connectivity index is 2.00. The molecule has 2 aromatic carbocycles. The van der Waals surface area contributed by atoms with Crippen LogP contribution in [0.1, 0.15) is 11.1 Å². The standard InChI is InChI=1S/C18H13ClINO4/c1-23-12-5-10(6-13(9-12)24-2)7-16-18(22)25-17(21-16)14-8-11(20)3-4-15(14)19/h3-9H,1-2H3/b16-7-. The maximum atomic E-state index is 12.2. The summed E-state index contributed by atoms with van der Waals surface area (Å²) in [5, 5.41) is 0.469. The van der Waals surface area contributed by atoms with E-state index in [0.29, 0.717) is 27.6 Å². The molecule has 2 aromatic rings. The van der Waals surface area contributed by atoms with Crippen LogP contribution in [-0.4, -0.2) is 26.1 Å². The third-order valence-electron chi connectivity index (χ3n) is 3.46. The third kappa shape index (κ3) is 3.96. The predicted octanol–water partition coefficient (Wildman–Crippen LogP) is 4.31. The van der Waals surface area contributed by atoms with Crippen LogP contribution in [0.2, 0.25) is 5.02 Å². The molecule has 0 bridgehead atoms. The number of aliphatic imine (C=N–C) groups is 1. The normalized spacial score (nSPS) is 15.1. The summed E-state index contributed by atoms with van der Waals surface area (Å²) in [6, 6.07) is 10.7. The Morgan fingerprint density at radius 2 is 1.80 bits per heavy atom. The average molecular weight is 470 g/mol. The third-order valence-corrected chi connectivity index (χ3v) is 4.46. The van der Waals surface area contributed by atoms with Crippen LogP contribution in [0.25, 0.3) is 6.08 Å². The molecule has 0 saturated heterocycles. The van der Waals surface area contributed by atoms with Gasteiger partial charge < -0.3 is 14.2 Å². The molecule has 0 radical (unpaired) electrons. The van der Waals surface area contributed by atoms with Crippen LogP contribution in [0.5, 0.6) is 11.5 Å². The van der Waals surface area contributed by atoms with Gasteiger partial charge >= 0.3 is 5.97 Å². The number of benzene rings is 2. The van der Waals surface area contributed by atoms with Crippen molar-refractivity contribution in [1.29, 1.82) is 0 Å². The molecule has 128 valence electrons. The molecule has 0 spiro atoms. The molecule has 1 aliphatic rings. The van der Waals surface area contributed by atoms with E-state index in [9.17, 15) is 4.79 Å². The first kappa shape index (κ1) is 17.8. The molecule has 3 rings (SSSR count). The molecule has 0 aliphatic carbocycles. The maximum Gasteiger partial charge on any atom is 0.363 e. The highest BCUT2D eigenvalue weighted by atomic mass is 127. The van der Waals surface area contributed by atoms with Crippen molar-refractivity contribution >= 4 is 52.1 Å².